The van der Waals surface area contributed by atoms with Gasteiger partial charge in [0.25, 0.3) is 5.91 Å². The van der Waals surface area contributed by atoms with Gasteiger partial charge in [-0.15, -0.1) is 11.3 Å². The Bertz CT molecular complexity index is 1180. The molecule has 172 valence electrons. The molecule has 0 aliphatic carbocycles. The van der Waals surface area contributed by atoms with Crippen LogP contribution in [0.25, 0.3) is 20.9 Å². The van der Waals surface area contributed by atoms with Gasteiger partial charge in [0.05, 0.1) is 6.42 Å². The normalized spacial score (nSPS) is 13.3. The number of carbonyl (C=O) groups is 2. The number of pyridine rings is 1. The van der Waals surface area contributed by atoms with Crippen molar-refractivity contribution in [1.82, 2.24) is 9.88 Å². The van der Waals surface area contributed by atoms with Crippen LogP contribution in [0, 0.1) is 0 Å². The van der Waals surface area contributed by atoms with Crippen molar-refractivity contribution in [2.75, 3.05) is 13.2 Å². The number of aromatic nitrogens is 1. The number of aliphatic hydroxyl groups is 1. The van der Waals surface area contributed by atoms with Crippen molar-refractivity contribution in [2.45, 2.75) is 45.8 Å². The smallest absolute Gasteiger partial charge is 0.310 e. The van der Waals surface area contributed by atoms with E-state index in [1.165, 1.54) is 0 Å². The topological polar surface area (TPSA) is 79.7 Å². The van der Waals surface area contributed by atoms with Crippen LogP contribution in [-0.4, -0.2) is 45.6 Å². The minimum atomic E-state index is -0.513. The van der Waals surface area contributed by atoms with E-state index in [1.54, 1.807) is 28.6 Å². The third kappa shape index (κ3) is 5.49. The number of esters is 1. The summed E-state index contributed by atoms with van der Waals surface area (Å²) < 4.78 is 5.42. The Balaban J connectivity index is 1.50. The first-order valence-electron chi connectivity index (χ1n) is 11.0. The summed E-state index contributed by atoms with van der Waals surface area (Å²) >= 11 is 1.65. The lowest BCUT2D eigenvalue weighted by Gasteiger charge is -2.19. The van der Waals surface area contributed by atoms with Gasteiger partial charge < -0.3 is 14.7 Å². The van der Waals surface area contributed by atoms with Gasteiger partial charge >= 0.3 is 5.97 Å². The van der Waals surface area contributed by atoms with Gasteiger partial charge in [-0.2, -0.15) is 0 Å². The number of hydrogen-bond donors (Lipinski definition) is 1. The van der Waals surface area contributed by atoms with Crippen LogP contribution in [0.4, 0.5) is 0 Å². The molecular formula is C26H28N2O4S. The Labute approximate surface area is 197 Å². The zero-order valence-electron chi connectivity index (χ0n) is 19.1. The summed E-state index contributed by atoms with van der Waals surface area (Å²) in [5, 5.41) is 9.06. The van der Waals surface area contributed by atoms with E-state index < -0.39 is 5.60 Å². The Hall–Kier alpha value is -3.03. The Morgan fingerprint density at radius 2 is 1.88 bits per heavy atom. The number of benzene rings is 1. The molecule has 0 bridgehead atoms. The molecule has 1 aliphatic heterocycles. The van der Waals surface area contributed by atoms with Gasteiger partial charge in [0.1, 0.15) is 5.60 Å². The number of rotatable bonds is 7. The SMILES string of the molecule is CC(C)(C)OC(=O)Cc1cncc(-c2ccc(-c3ccc4c(c3)CN(CCCO)C4=O)s2)c1. The fourth-order valence-corrected chi connectivity index (χ4v) is 4.87. The number of amides is 1. The molecule has 3 aromatic rings. The first-order valence-corrected chi connectivity index (χ1v) is 11.8. The van der Waals surface area contributed by atoms with Crippen molar-refractivity contribution >= 4 is 23.2 Å². The zero-order chi connectivity index (χ0) is 23.6. The molecule has 7 heteroatoms. The zero-order valence-corrected chi connectivity index (χ0v) is 19.9. The van der Waals surface area contributed by atoms with Gasteiger partial charge in [0.15, 0.2) is 0 Å². The molecule has 6 nitrogen and oxygen atoms in total. The van der Waals surface area contributed by atoms with E-state index in [0.717, 1.165) is 37.6 Å². The maximum absolute atomic E-state index is 12.5. The van der Waals surface area contributed by atoms with Crippen molar-refractivity contribution in [3.63, 3.8) is 0 Å². The minimum absolute atomic E-state index is 0.0322. The second-order valence-electron chi connectivity index (χ2n) is 9.18. The van der Waals surface area contributed by atoms with Crippen molar-refractivity contribution in [1.29, 1.82) is 0 Å². The average Bonchev–Trinajstić information content (AvgIpc) is 3.36. The predicted octanol–water partition coefficient (Wildman–Crippen LogP) is 4.70. The van der Waals surface area contributed by atoms with Crippen molar-refractivity contribution in [2.24, 2.45) is 0 Å². The van der Waals surface area contributed by atoms with Crippen molar-refractivity contribution in [3.8, 4) is 20.9 Å². The summed E-state index contributed by atoms with van der Waals surface area (Å²) in [4.78, 5) is 33.0. The lowest BCUT2D eigenvalue weighted by Crippen LogP contribution is -2.25. The summed E-state index contributed by atoms with van der Waals surface area (Å²) in [5.41, 5.74) is 4.09. The number of fused-ring (bicyclic) bond motifs is 1. The molecule has 2 aromatic heterocycles. The highest BCUT2D eigenvalue weighted by Gasteiger charge is 2.27. The maximum Gasteiger partial charge on any atom is 0.310 e. The molecule has 0 saturated heterocycles. The molecule has 4 rings (SSSR count). The second-order valence-corrected chi connectivity index (χ2v) is 10.3. The average molecular weight is 465 g/mol. The van der Waals surface area contributed by atoms with Gasteiger partial charge in [-0.25, -0.2) is 0 Å². The van der Waals surface area contributed by atoms with Crippen molar-refractivity contribution in [3.05, 3.63) is 65.5 Å². The predicted molar refractivity (Wildman–Crippen MR) is 129 cm³/mol. The summed E-state index contributed by atoms with van der Waals surface area (Å²) in [5.74, 6) is -0.237. The molecule has 0 spiro atoms. The van der Waals surface area contributed by atoms with E-state index in [0.29, 0.717) is 19.5 Å². The van der Waals surface area contributed by atoms with Gasteiger partial charge in [-0.3, -0.25) is 14.6 Å². The van der Waals surface area contributed by atoms with Crippen LogP contribution in [-0.2, 0) is 22.5 Å². The molecule has 1 aromatic carbocycles. The molecule has 0 unspecified atom stereocenters. The first kappa shape index (κ1) is 23.1. The van der Waals surface area contributed by atoms with E-state index in [-0.39, 0.29) is 24.9 Å². The number of aliphatic hydroxyl groups excluding tert-OH is 1. The Morgan fingerprint density at radius 3 is 2.61 bits per heavy atom. The molecule has 1 N–H and O–H groups in total. The summed E-state index contributed by atoms with van der Waals surface area (Å²) in [6.45, 7) is 6.79. The van der Waals surface area contributed by atoms with E-state index in [2.05, 4.69) is 23.2 Å². The molecule has 3 heterocycles. The van der Waals surface area contributed by atoms with Gasteiger partial charge in [-0.1, -0.05) is 6.07 Å². The fraction of sp³-hybridized carbons (Fsp3) is 0.346. The highest BCUT2D eigenvalue weighted by atomic mass is 32.1. The quantitative estimate of drug-likeness (QED) is 0.513. The second kappa shape index (κ2) is 9.45. The Morgan fingerprint density at radius 1 is 1.12 bits per heavy atom. The summed E-state index contributed by atoms with van der Waals surface area (Å²) in [6, 6.07) is 12.1. The lowest BCUT2D eigenvalue weighted by molar-refractivity contribution is -0.153. The Kier molecular flexibility index (Phi) is 6.63. The first-order chi connectivity index (χ1) is 15.7. The molecule has 0 saturated carbocycles. The largest absolute Gasteiger partial charge is 0.460 e. The number of nitrogens with zero attached hydrogens (tertiary/aromatic N) is 2. The van der Waals surface area contributed by atoms with Crippen LogP contribution >= 0.6 is 11.3 Å². The minimum Gasteiger partial charge on any atom is -0.460 e. The lowest BCUT2D eigenvalue weighted by atomic mass is 10.1. The third-order valence-electron chi connectivity index (χ3n) is 5.31. The fourth-order valence-electron chi connectivity index (χ4n) is 3.89. The molecular weight excluding hydrogens is 436 g/mol. The standard InChI is InChI=1S/C26H28N2O4S/c1-26(2,3)32-24(30)12-17-11-19(15-27-14-17)23-8-7-22(33-23)18-5-6-21-20(13-18)16-28(25(21)31)9-4-10-29/h5-8,11,13-15,29H,4,9-10,12,16H2,1-3H3. The maximum atomic E-state index is 12.5. The van der Waals surface area contributed by atoms with Crippen LogP contribution in [0.1, 0.15) is 48.7 Å². The molecule has 0 atom stereocenters. The molecule has 33 heavy (non-hydrogen) atoms. The van der Waals surface area contributed by atoms with Crippen LogP contribution < -0.4 is 0 Å². The van der Waals surface area contributed by atoms with Gasteiger partial charge in [-0.05, 0) is 74.2 Å². The number of hydrogen-bond acceptors (Lipinski definition) is 6. The molecule has 1 amide bonds. The molecule has 0 fully saturated rings. The third-order valence-corrected chi connectivity index (χ3v) is 6.49. The van der Waals surface area contributed by atoms with Crippen LogP contribution in [0.3, 0.4) is 0 Å². The summed E-state index contributed by atoms with van der Waals surface area (Å²) in [7, 11) is 0. The molecule has 1 aliphatic rings. The van der Waals surface area contributed by atoms with E-state index >= 15 is 0 Å². The van der Waals surface area contributed by atoms with E-state index in [1.807, 2.05) is 39.0 Å². The summed E-state index contributed by atoms with van der Waals surface area (Å²) in [6.07, 6.45) is 4.26. The highest BCUT2D eigenvalue weighted by Crippen LogP contribution is 2.36. The van der Waals surface area contributed by atoms with Crippen molar-refractivity contribution < 1.29 is 19.4 Å². The van der Waals surface area contributed by atoms with Gasteiger partial charge in [0.2, 0.25) is 0 Å². The van der Waals surface area contributed by atoms with E-state index in [9.17, 15) is 9.59 Å². The number of ether oxygens (including phenoxy) is 1. The van der Waals surface area contributed by atoms with Crippen LogP contribution in [0.2, 0.25) is 0 Å². The number of carbonyl (C=O) groups excluding carboxylic acids is 2. The number of thiophene rings is 1. The van der Waals surface area contributed by atoms with Crippen LogP contribution in [0.15, 0.2) is 48.8 Å². The van der Waals surface area contributed by atoms with Gasteiger partial charge in [0, 0.05) is 53.0 Å². The molecule has 0 radical (unpaired) electrons. The van der Waals surface area contributed by atoms with E-state index in [4.69, 9.17) is 9.84 Å². The highest BCUT2D eigenvalue weighted by molar-refractivity contribution is 7.18. The van der Waals surface area contributed by atoms with Crippen LogP contribution in [0.5, 0.6) is 0 Å². The monoisotopic (exact) mass is 464 g/mol.